The Morgan fingerprint density at radius 3 is 2.36 bits per heavy atom. The highest BCUT2D eigenvalue weighted by atomic mass is 35.5. The topological polar surface area (TPSA) is 190 Å². The van der Waals surface area contributed by atoms with Crippen LogP contribution >= 0.6 is 22.9 Å². The van der Waals surface area contributed by atoms with Gasteiger partial charge in [-0.1, -0.05) is 72.3 Å². The monoisotopic (exact) mass is 732 g/mol. The molecule has 1 fully saturated rings. The summed E-state index contributed by atoms with van der Waals surface area (Å²) in [6, 6.07) is 23.0. The maximum Gasteiger partial charge on any atom is 0.414 e. The summed E-state index contributed by atoms with van der Waals surface area (Å²) in [5.74, 6) is -1.59. The number of hydrogen-bond acceptors (Lipinski definition) is 11. The summed E-state index contributed by atoms with van der Waals surface area (Å²) in [6.07, 6.45) is -0.418. The lowest BCUT2D eigenvalue weighted by Crippen LogP contribution is -2.54. The molecule has 15 nitrogen and oxygen atoms in total. The maximum absolute atomic E-state index is 13.3. The second-order valence-electron chi connectivity index (χ2n) is 11.1. The van der Waals surface area contributed by atoms with Gasteiger partial charge in [0.2, 0.25) is 16.2 Å². The number of carbonyl (C=O) groups is 3. The summed E-state index contributed by atoms with van der Waals surface area (Å²) < 4.78 is 34.7. The molecule has 1 aliphatic rings. The van der Waals surface area contributed by atoms with Gasteiger partial charge in [0.25, 0.3) is 21.5 Å². The molecule has 1 aliphatic heterocycles. The first-order valence-electron chi connectivity index (χ1n) is 15.0. The van der Waals surface area contributed by atoms with Crippen LogP contribution in [0.3, 0.4) is 0 Å². The number of nitrogens with one attached hydrogen (secondary N) is 2. The van der Waals surface area contributed by atoms with Crippen LogP contribution < -0.4 is 10.9 Å². The second kappa shape index (κ2) is 13.3. The number of H-pyrrole nitrogens is 1. The smallest absolute Gasteiger partial charge is 0.414 e. The number of carbonyl (C=O) groups excluding carboxylic acids is 3. The van der Waals surface area contributed by atoms with E-state index in [2.05, 4.69) is 25.3 Å². The van der Waals surface area contributed by atoms with E-state index in [1.165, 1.54) is 21.9 Å². The zero-order valence-corrected chi connectivity index (χ0v) is 28.1. The van der Waals surface area contributed by atoms with Gasteiger partial charge < -0.3 is 14.2 Å². The van der Waals surface area contributed by atoms with Gasteiger partial charge in [-0.05, 0) is 29.3 Å². The van der Waals surface area contributed by atoms with Crippen LogP contribution in [0.25, 0.3) is 21.4 Å². The molecule has 0 aliphatic carbocycles. The van der Waals surface area contributed by atoms with E-state index in [-0.39, 0.29) is 41.1 Å². The lowest BCUT2D eigenvalue weighted by molar-refractivity contribution is -0.142. The molecule has 0 saturated carbocycles. The molecule has 6 aromatic rings. The van der Waals surface area contributed by atoms with E-state index >= 15 is 0 Å². The molecule has 0 unspecified atom stereocenters. The highest BCUT2D eigenvalue weighted by Crippen LogP contribution is 2.30. The van der Waals surface area contributed by atoms with Crippen LogP contribution in [0.5, 0.6) is 0 Å². The zero-order valence-electron chi connectivity index (χ0n) is 25.7. The first kappa shape index (κ1) is 32.9. The van der Waals surface area contributed by atoms with Crippen molar-refractivity contribution < 1.29 is 27.5 Å². The number of amides is 3. The van der Waals surface area contributed by atoms with Gasteiger partial charge in [0.05, 0.1) is 23.1 Å². The Bertz CT molecular complexity index is 2400. The summed E-state index contributed by atoms with van der Waals surface area (Å²) in [4.78, 5) is 68.4. The van der Waals surface area contributed by atoms with Crippen LogP contribution in [-0.4, -0.2) is 79.7 Å². The van der Waals surface area contributed by atoms with Gasteiger partial charge in [-0.3, -0.25) is 24.7 Å². The fourth-order valence-corrected chi connectivity index (χ4v) is 8.25. The van der Waals surface area contributed by atoms with E-state index in [0.29, 0.717) is 19.5 Å². The molecule has 4 heterocycles. The van der Waals surface area contributed by atoms with Crippen molar-refractivity contribution in [1.29, 1.82) is 0 Å². The van der Waals surface area contributed by atoms with Crippen molar-refractivity contribution in [1.82, 2.24) is 33.7 Å². The van der Waals surface area contributed by atoms with Crippen molar-refractivity contribution in [2.75, 3.05) is 25.0 Å². The molecule has 7 rings (SSSR count). The van der Waals surface area contributed by atoms with E-state index in [1.807, 2.05) is 60.7 Å². The number of nitrogens with zero attached hydrogens (tertiary/aromatic N) is 6. The first-order valence-corrected chi connectivity index (χ1v) is 17.6. The van der Waals surface area contributed by atoms with Gasteiger partial charge in [0, 0.05) is 11.6 Å². The molecule has 0 spiro atoms. The highest BCUT2D eigenvalue weighted by Gasteiger charge is 2.37. The molecule has 50 heavy (non-hydrogen) atoms. The molecule has 3 amide bonds. The molecular formula is C32H25ClN8O7S2. The number of aromatic amines is 1. The van der Waals surface area contributed by atoms with Crippen LogP contribution in [0.1, 0.15) is 17.2 Å². The third-order valence-corrected chi connectivity index (χ3v) is 11.2. The minimum absolute atomic E-state index is 0.0106. The highest BCUT2D eigenvalue weighted by molar-refractivity contribution is 7.91. The summed E-state index contributed by atoms with van der Waals surface area (Å²) in [6.45, 7) is -1.24. The Balaban J connectivity index is 1.04. The molecule has 18 heteroatoms. The number of fused-ring (bicyclic) bond motifs is 2. The van der Waals surface area contributed by atoms with Crippen molar-refractivity contribution in [3.63, 3.8) is 0 Å². The summed E-state index contributed by atoms with van der Waals surface area (Å²) in [5, 5.41) is 2.84. The third-order valence-electron chi connectivity index (χ3n) is 7.80. The summed E-state index contributed by atoms with van der Waals surface area (Å²) in [5.41, 5.74) is 1.06. The van der Waals surface area contributed by atoms with E-state index in [0.717, 1.165) is 22.5 Å². The molecule has 254 valence electrons. The van der Waals surface area contributed by atoms with Crippen LogP contribution in [0, 0.1) is 0 Å². The van der Waals surface area contributed by atoms with E-state index in [4.69, 9.17) is 16.3 Å². The number of aromatic nitrogens is 5. The molecule has 0 atom stereocenters. The van der Waals surface area contributed by atoms with Crippen LogP contribution in [0.4, 0.5) is 10.7 Å². The van der Waals surface area contributed by atoms with Gasteiger partial charge >= 0.3 is 6.09 Å². The van der Waals surface area contributed by atoms with Crippen LogP contribution in [0.2, 0.25) is 5.02 Å². The van der Waals surface area contributed by atoms with Crippen molar-refractivity contribution in [3.8, 4) is 0 Å². The quantitative estimate of drug-likeness (QED) is 0.233. The third kappa shape index (κ3) is 6.52. The van der Waals surface area contributed by atoms with E-state index < -0.39 is 46.1 Å². The van der Waals surface area contributed by atoms with Crippen molar-refractivity contribution in [2.24, 2.45) is 0 Å². The van der Waals surface area contributed by atoms with Gasteiger partial charge in [0.15, 0.2) is 17.3 Å². The average Bonchev–Trinajstić information content (AvgIpc) is 3.72. The average molecular weight is 733 g/mol. The number of rotatable bonds is 8. The Morgan fingerprint density at radius 2 is 1.68 bits per heavy atom. The number of sulfonamides is 1. The van der Waals surface area contributed by atoms with Gasteiger partial charge in [0.1, 0.15) is 13.1 Å². The number of anilines is 1. The second-order valence-corrected chi connectivity index (χ2v) is 14.6. The zero-order chi connectivity index (χ0) is 35.0. The summed E-state index contributed by atoms with van der Waals surface area (Å²) in [7, 11) is -4.27. The Morgan fingerprint density at radius 1 is 0.980 bits per heavy atom. The van der Waals surface area contributed by atoms with Crippen LogP contribution in [0.15, 0.2) is 94.3 Å². The SMILES string of the molecule is O=C(Nc1nc2c(ncn2CC(=O)N2CCN(S(=O)(=O)c3nc4cc(Cl)ccc4s3)C(=O)C2)c(=O)[nH]1)OC(c1ccccc1)c1ccccc1. The predicted octanol–water partition coefficient (Wildman–Crippen LogP) is 3.78. The molecule has 3 aromatic heterocycles. The Labute approximate surface area is 292 Å². The lowest BCUT2D eigenvalue weighted by atomic mass is 10.0. The lowest BCUT2D eigenvalue weighted by Gasteiger charge is -2.33. The van der Waals surface area contributed by atoms with E-state index in [1.54, 1.807) is 12.1 Å². The molecule has 0 radical (unpaired) electrons. The number of thiazole rings is 1. The largest absolute Gasteiger partial charge is 0.436 e. The molecule has 1 saturated heterocycles. The number of benzene rings is 3. The molecule has 3 aromatic carbocycles. The van der Waals surface area contributed by atoms with Gasteiger partial charge in [-0.2, -0.15) is 13.4 Å². The predicted molar refractivity (Wildman–Crippen MR) is 183 cm³/mol. The fraction of sp³-hybridized carbons (Fsp3) is 0.156. The van der Waals surface area contributed by atoms with E-state index in [9.17, 15) is 27.6 Å². The Hall–Kier alpha value is -5.65. The van der Waals surface area contributed by atoms with Gasteiger partial charge in [-0.15, -0.1) is 11.3 Å². The minimum Gasteiger partial charge on any atom is -0.436 e. The summed E-state index contributed by atoms with van der Waals surface area (Å²) >= 11 is 6.91. The van der Waals surface area contributed by atoms with Gasteiger partial charge in [-0.25, -0.2) is 19.1 Å². The number of ether oxygens (including phenoxy) is 1. The number of hydrogen-bond donors (Lipinski definition) is 2. The van der Waals surface area contributed by atoms with Crippen LogP contribution in [-0.2, 0) is 30.9 Å². The fourth-order valence-electron chi connectivity index (χ4n) is 5.40. The van der Waals surface area contributed by atoms with Crippen molar-refractivity contribution in [2.45, 2.75) is 17.0 Å². The molecular weight excluding hydrogens is 708 g/mol. The maximum atomic E-state index is 13.3. The minimum atomic E-state index is -4.27. The molecule has 0 bridgehead atoms. The number of imidazole rings is 1. The number of halogens is 1. The molecule has 2 N–H and O–H groups in total. The number of piperazine rings is 1. The van der Waals surface area contributed by atoms with Crippen molar-refractivity contribution >= 4 is 78.2 Å². The standard InChI is InChI=1S/C32H25ClN8O7S2/c33-21-11-12-23-22(15-21)35-32(49-23)50(46,47)41-14-13-39(17-25(41)43)24(42)16-40-18-34-26-28(40)36-30(37-29(26)44)38-31(45)48-27(19-7-3-1-4-8-19)20-9-5-2-6-10-20/h1-12,15,18,27H,13-14,16-17H2,(H2,36,37,38,44,45). The normalized spacial score (nSPS) is 13.7. The first-order chi connectivity index (χ1) is 24.1. The Kier molecular flexibility index (Phi) is 8.77. The van der Waals surface area contributed by atoms with Crippen molar-refractivity contribution in [3.05, 3.63) is 112 Å².